The Hall–Kier alpha value is -2.55. The quantitative estimate of drug-likeness (QED) is 0.562. The minimum atomic E-state index is -0.0469. The zero-order valence-corrected chi connectivity index (χ0v) is 12.9. The van der Waals surface area contributed by atoms with Crippen LogP contribution in [0.1, 0.15) is 29.8 Å². The summed E-state index contributed by atoms with van der Waals surface area (Å²) in [5.41, 5.74) is 1.53. The fraction of sp³-hybridized carbons (Fsp3) is 0.211. The molecule has 0 heterocycles. The number of rotatable bonds is 7. The molecule has 3 nitrogen and oxygen atoms in total. The summed E-state index contributed by atoms with van der Waals surface area (Å²) in [7, 11) is 0. The molecule has 0 radical (unpaired) electrons. The lowest BCUT2D eigenvalue weighted by Crippen LogP contribution is -1.96. The SMILES string of the molecule is CCOc1ccc(C(=O)C=Cc2ccccc2OCC)cc1. The second-order valence-electron chi connectivity index (χ2n) is 4.63. The molecule has 0 saturated carbocycles. The number of ketones is 1. The molecule has 0 fully saturated rings. The Morgan fingerprint density at radius 3 is 2.32 bits per heavy atom. The van der Waals surface area contributed by atoms with Gasteiger partial charge in [-0.2, -0.15) is 0 Å². The number of allylic oxidation sites excluding steroid dienone is 1. The second-order valence-corrected chi connectivity index (χ2v) is 4.63. The Kier molecular flexibility index (Phi) is 5.78. The van der Waals surface area contributed by atoms with Gasteiger partial charge in [-0.3, -0.25) is 4.79 Å². The molecule has 3 heteroatoms. The lowest BCUT2D eigenvalue weighted by molar-refractivity contribution is 0.104. The van der Waals surface area contributed by atoms with Crippen molar-refractivity contribution < 1.29 is 14.3 Å². The first-order valence-corrected chi connectivity index (χ1v) is 7.41. The van der Waals surface area contributed by atoms with Crippen LogP contribution >= 0.6 is 0 Å². The van der Waals surface area contributed by atoms with E-state index < -0.39 is 0 Å². The predicted molar refractivity (Wildman–Crippen MR) is 88.6 cm³/mol. The highest BCUT2D eigenvalue weighted by molar-refractivity contribution is 6.07. The number of carbonyl (C=O) groups is 1. The van der Waals surface area contributed by atoms with Crippen molar-refractivity contribution in [3.05, 3.63) is 65.7 Å². The van der Waals surface area contributed by atoms with Crippen molar-refractivity contribution in [1.29, 1.82) is 0 Å². The fourth-order valence-electron chi connectivity index (χ4n) is 2.05. The highest BCUT2D eigenvalue weighted by Gasteiger charge is 2.03. The second kappa shape index (κ2) is 8.03. The largest absolute Gasteiger partial charge is 0.494 e. The lowest BCUT2D eigenvalue weighted by atomic mass is 10.1. The van der Waals surface area contributed by atoms with E-state index in [1.165, 1.54) is 0 Å². The maximum Gasteiger partial charge on any atom is 0.185 e. The summed E-state index contributed by atoms with van der Waals surface area (Å²) >= 11 is 0. The van der Waals surface area contributed by atoms with Gasteiger partial charge in [-0.25, -0.2) is 0 Å². The van der Waals surface area contributed by atoms with Gasteiger partial charge in [0.2, 0.25) is 0 Å². The first kappa shape index (κ1) is 15.8. The van der Waals surface area contributed by atoms with Crippen LogP contribution in [0.3, 0.4) is 0 Å². The minimum Gasteiger partial charge on any atom is -0.494 e. The van der Waals surface area contributed by atoms with Crippen molar-refractivity contribution in [2.24, 2.45) is 0 Å². The summed E-state index contributed by atoms with van der Waals surface area (Å²) in [6, 6.07) is 14.8. The molecule has 0 amide bonds. The fourth-order valence-corrected chi connectivity index (χ4v) is 2.05. The van der Waals surface area contributed by atoms with Crippen molar-refractivity contribution in [2.75, 3.05) is 13.2 Å². The molecule has 0 aliphatic rings. The molecule has 0 unspecified atom stereocenters. The van der Waals surface area contributed by atoms with E-state index in [2.05, 4.69) is 0 Å². The molecule has 22 heavy (non-hydrogen) atoms. The number of hydrogen-bond donors (Lipinski definition) is 0. The molecule has 0 spiro atoms. The maximum absolute atomic E-state index is 12.2. The van der Waals surface area contributed by atoms with Crippen LogP contribution in [0.2, 0.25) is 0 Å². The van der Waals surface area contributed by atoms with E-state index in [0.29, 0.717) is 18.8 Å². The van der Waals surface area contributed by atoms with Gasteiger partial charge in [0.25, 0.3) is 0 Å². The van der Waals surface area contributed by atoms with E-state index in [0.717, 1.165) is 17.1 Å². The molecule has 2 rings (SSSR count). The van der Waals surface area contributed by atoms with E-state index in [4.69, 9.17) is 9.47 Å². The van der Waals surface area contributed by atoms with Gasteiger partial charge in [-0.1, -0.05) is 18.2 Å². The van der Waals surface area contributed by atoms with Crippen molar-refractivity contribution in [3.63, 3.8) is 0 Å². The molecule has 0 aromatic heterocycles. The van der Waals surface area contributed by atoms with E-state index in [-0.39, 0.29) is 5.78 Å². The zero-order valence-electron chi connectivity index (χ0n) is 12.9. The van der Waals surface area contributed by atoms with Crippen molar-refractivity contribution >= 4 is 11.9 Å². The van der Waals surface area contributed by atoms with Gasteiger partial charge < -0.3 is 9.47 Å². The van der Waals surface area contributed by atoms with Gasteiger partial charge in [-0.05, 0) is 56.3 Å². The van der Waals surface area contributed by atoms with Crippen LogP contribution in [-0.2, 0) is 0 Å². The summed E-state index contributed by atoms with van der Waals surface area (Å²) in [6.45, 7) is 5.07. The highest BCUT2D eigenvalue weighted by atomic mass is 16.5. The van der Waals surface area contributed by atoms with Crippen LogP contribution < -0.4 is 9.47 Å². The average molecular weight is 296 g/mol. The molecule has 0 aliphatic carbocycles. The average Bonchev–Trinajstić information content (AvgIpc) is 2.55. The van der Waals surface area contributed by atoms with Gasteiger partial charge in [0, 0.05) is 11.1 Å². The molecule has 2 aromatic carbocycles. The van der Waals surface area contributed by atoms with Crippen LogP contribution in [0.25, 0.3) is 6.08 Å². The summed E-state index contributed by atoms with van der Waals surface area (Å²) < 4.78 is 10.9. The lowest BCUT2D eigenvalue weighted by Gasteiger charge is -2.06. The van der Waals surface area contributed by atoms with Crippen molar-refractivity contribution in [2.45, 2.75) is 13.8 Å². The van der Waals surface area contributed by atoms with Crippen molar-refractivity contribution in [3.8, 4) is 11.5 Å². The van der Waals surface area contributed by atoms with Gasteiger partial charge in [0.15, 0.2) is 5.78 Å². The zero-order chi connectivity index (χ0) is 15.8. The molecular weight excluding hydrogens is 276 g/mol. The molecule has 0 aliphatic heterocycles. The molecule has 114 valence electrons. The van der Waals surface area contributed by atoms with Gasteiger partial charge >= 0.3 is 0 Å². The van der Waals surface area contributed by atoms with Gasteiger partial charge in [0.1, 0.15) is 11.5 Å². The Morgan fingerprint density at radius 1 is 0.955 bits per heavy atom. The van der Waals surface area contributed by atoms with Crippen molar-refractivity contribution in [1.82, 2.24) is 0 Å². The number of benzene rings is 2. The number of carbonyl (C=O) groups excluding carboxylic acids is 1. The molecule has 2 aromatic rings. The third kappa shape index (κ3) is 4.22. The Balaban J connectivity index is 2.11. The molecule has 0 saturated heterocycles. The van der Waals surface area contributed by atoms with Crippen LogP contribution in [0.5, 0.6) is 11.5 Å². The molecule has 0 N–H and O–H groups in total. The molecule has 0 atom stereocenters. The third-order valence-corrected chi connectivity index (χ3v) is 3.08. The monoisotopic (exact) mass is 296 g/mol. The van der Waals surface area contributed by atoms with Crippen LogP contribution in [0.15, 0.2) is 54.6 Å². The summed E-state index contributed by atoms with van der Waals surface area (Å²) in [5.74, 6) is 1.50. The Morgan fingerprint density at radius 2 is 1.64 bits per heavy atom. The van der Waals surface area contributed by atoms with E-state index in [9.17, 15) is 4.79 Å². The summed E-state index contributed by atoms with van der Waals surface area (Å²) in [6.07, 6.45) is 3.34. The highest BCUT2D eigenvalue weighted by Crippen LogP contribution is 2.20. The number of para-hydroxylation sites is 1. The minimum absolute atomic E-state index is 0.0469. The third-order valence-electron chi connectivity index (χ3n) is 3.08. The van der Waals surface area contributed by atoms with E-state index >= 15 is 0 Å². The van der Waals surface area contributed by atoms with E-state index in [1.54, 1.807) is 36.4 Å². The number of ether oxygens (including phenoxy) is 2. The topological polar surface area (TPSA) is 35.5 Å². The Bertz CT molecular complexity index is 642. The summed E-state index contributed by atoms with van der Waals surface area (Å²) in [4.78, 5) is 12.2. The smallest absolute Gasteiger partial charge is 0.185 e. The maximum atomic E-state index is 12.2. The summed E-state index contributed by atoms with van der Waals surface area (Å²) in [5, 5.41) is 0. The van der Waals surface area contributed by atoms with Gasteiger partial charge in [-0.15, -0.1) is 0 Å². The normalized spacial score (nSPS) is 10.6. The van der Waals surface area contributed by atoms with Crippen LogP contribution in [-0.4, -0.2) is 19.0 Å². The van der Waals surface area contributed by atoms with Gasteiger partial charge in [0.05, 0.1) is 13.2 Å². The first-order chi connectivity index (χ1) is 10.7. The Labute approximate surface area is 131 Å². The van der Waals surface area contributed by atoms with Crippen LogP contribution in [0, 0.1) is 0 Å². The number of hydrogen-bond acceptors (Lipinski definition) is 3. The first-order valence-electron chi connectivity index (χ1n) is 7.41. The molecular formula is C19H20O3. The molecule has 0 bridgehead atoms. The predicted octanol–water partition coefficient (Wildman–Crippen LogP) is 4.38. The standard InChI is InChI=1S/C19H20O3/c1-3-21-17-12-9-15(10-13-17)18(20)14-11-16-7-5-6-8-19(16)22-4-2/h5-14H,3-4H2,1-2H3. The van der Waals surface area contributed by atoms with E-state index in [1.807, 2.05) is 38.1 Å². The van der Waals surface area contributed by atoms with Crippen LogP contribution in [0.4, 0.5) is 0 Å².